The number of rotatable bonds is 4. The highest BCUT2D eigenvalue weighted by Gasteiger charge is 2.17. The van der Waals surface area contributed by atoms with Crippen LogP contribution in [0.2, 0.25) is 0 Å². The molecule has 0 fully saturated rings. The van der Waals surface area contributed by atoms with Crippen molar-refractivity contribution < 1.29 is 19.1 Å². The molecule has 4 rings (SSSR count). The van der Waals surface area contributed by atoms with Gasteiger partial charge in [-0.05, 0) is 35.9 Å². The summed E-state index contributed by atoms with van der Waals surface area (Å²) in [6.45, 7) is 0.169. The Hall–Kier alpha value is -3.88. The second kappa shape index (κ2) is 7.03. The molecule has 2 aromatic carbocycles. The first kappa shape index (κ1) is 17.5. The second-order valence-corrected chi connectivity index (χ2v) is 6.15. The maximum atomic E-state index is 12.4. The summed E-state index contributed by atoms with van der Waals surface area (Å²) in [5.41, 5.74) is 1.27. The molecule has 9 heteroatoms. The van der Waals surface area contributed by atoms with Gasteiger partial charge in [-0.3, -0.25) is 14.4 Å². The van der Waals surface area contributed by atoms with Crippen molar-refractivity contribution in [2.75, 3.05) is 19.0 Å². The topological polar surface area (TPSA) is 122 Å². The van der Waals surface area contributed by atoms with Gasteiger partial charge in [0.25, 0.3) is 17.4 Å². The molecule has 2 heterocycles. The van der Waals surface area contributed by atoms with Crippen LogP contribution in [0.25, 0.3) is 10.9 Å². The van der Waals surface area contributed by atoms with Crippen molar-refractivity contribution in [3.8, 4) is 11.5 Å². The van der Waals surface area contributed by atoms with Gasteiger partial charge in [0.1, 0.15) is 11.5 Å². The highest BCUT2D eigenvalue weighted by Crippen LogP contribution is 2.28. The van der Waals surface area contributed by atoms with Crippen molar-refractivity contribution >= 4 is 28.4 Å². The number of carbonyl (C=O) groups is 2. The molecule has 0 atom stereocenters. The fourth-order valence-electron chi connectivity index (χ4n) is 2.86. The normalized spacial score (nSPS) is 12.7. The van der Waals surface area contributed by atoms with Gasteiger partial charge in [-0.15, -0.1) is 0 Å². The lowest BCUT2D eigenvalue weighted by molar-refractivity contribution is -0.118. The molecule has 0 saturated carbocycles. The number of nitrogens with one attached hydrogen (secondary N) is 3. The molecule has 3 N–H and O–H groups in total. The number of hydrogen-bond acceptors (Lipinski definition) is 6. The van der Waals surface area contributed by atoms with Crippen LogP contribution in [0.5, 0.6) is 11.5 Å². The summed E-state index contributed by atoms with van der Waals surface area (Å²) in [7, 11) is 1.50. The third-order valence-electron chi connectivity index (χ3n) is 4.26. The zero-order valence-corrected chi connectivity index (χ0v) is 14.9. The number of aromatic amines is 1. The molecule has 2 amide bonds. The molecular weight excluding hydrogens is 364 g/mol. The van der Waals surface area contributed by atoms with Crippen molar-refractivity contribution in [3.05, 3.63) is 58.1 Å². The summed E-state index contributed by atoms with van der Waals surface area (Å²) in [6, 6.07) is 10.1. The van der Waals surface area contributed by atoms with Crippen LogP contribution < -0.4 is 25.7 Å². The highest BCUT2D eigenvalue weighted by atomic mass is 16.5. The summed E-state index contributed by atoms with van der Waals surface area (Å²) in [5.74, 6) is 0.263. The summed E-state index contributed by atoms with van der Waals surface area (Å²) >= 11 is 0. The van der Waals surface area contributed by atoms with Crippen molar-refractivity contribution in [2.45, 2.75) is 6.54 Å². The van der Waals surface area contributed by atoms with Gasteiger partial charge in [0, 0.05) is 6.54 Å². The number of carbonyl (C=O) groups excluding carboxylic acids is 2. The van der Waals surface area contributed by atoms with Crippen molar-refractivity contribution in [3.63, 3.8) is 0 Å². The molecule has 0 bridgehead atoms. The third-order valence-corrected chi connectivity index (χ3v) is 4.26. The van der Waals surface area contributed by atoms with Gasteiger partial charge in [0.05, 0.1) is 23.7 Å². The molecule has 142 valence electrons. The van der Waals surface area contributed by atoms with E-state index in [-0.39, 0.29) is 24.9 Å². The van der Waals surface area contributed by atoms with E-state index in [1.807, 2.05) is 0 Å². The number of nitrogens with zero attached hydrogens (tertiary/aromatic N) is 1. The molecule has 1 aliphatic heterocycles. The Kier molecular flexibility index (Phi) is 4.40. The monoisotopic (exact) mass is 380 g/mol. The molecule has 0 aliphatic carbocycles. The zero-order chi connectivity index (χ0) is 19.7. The van der Waals surface area contributed by atoms with Crippen molar-refractivity contribution in [1.82, 2.24) is 15.3 Å². The Bertz CT molecular complexity index is 1150. The van der Waals surface area contributed by atoms with E-state index in [1.54, 1.807) is 36.4 Å². The molecule has 1 aromatic heterocycles. The number of amides is 2. The minimum atomic E-state index is -0.521. The number of ether oxygens (including phenoxy) is 2. The fourth-order valence-corrected chi connectivity index (χ4v) is 2.86. The van der Waals surface area contributed by atoms with Crippen LogP contribution >= 0.6 is 0 Å². The Balaban J connectivity index is 1.52. The summed E-state index contributed by atoms with van der Waals surface area (Å²) in [5, 5.41) is 5.74. The molecule has 28 heavy (non-hydrogen) atoms. The van der Waals surface area contributed by atoms with Gasteiger partial charge >= 0.3 is 0 Å². The largest absolute Gasteiger partial charge is 0.497 e. The lowest BCUT2D eigenvalue weighted by Crippen LogP contribution is -2.28. The maximum absolute atomic E-state index is 12.4. The van der Waals surface area contributed by atoms with Crippen LogP contribution in [0.15, 0.2) is 41.2 Å². The molecule has 3 aromatic rings. The predicted molar refractivity (Wildman–Crippen MR) is 101 cm³/mol. The van der Waals surface area contributed by atoms with Crippen LogP contribution in [0.1, 0.15) is 16.2 Å². The van der Waals surface area contributed by atoms with Crippen LogP contribution in [0, 0.1) is 0 Å². The van der Waals surface area contributed by atoms with E-state index in [9.17, 15) is 14.4 Å². The minimum absolute atomic E-state index is 0.0179. The number of hydrogen-bond donors (Lipinski definition) is 3. The van der Waals surface area contributed by atoms with Crippen molar-refractivity contribution in [2.24, 2.45) is 0 Å². The molecule has 0 unspecified atom stereocenters. The number of anilines is 1. The predicted octanol–water partition coefficient (Wildman–Crippen LogP) is 1.19. The summed E-state index contributed by atoms with van der Waals surface area (Å²) < 4.78 is 10.4. The average molecular weight is 380 g/mol. The number of fused-ring (bicyclic) bond motifs is 2. The van der Waals surface area contributed by atoms with Gasteiger partial charge in [-0.25, -0.2) is 4.98 Å². The number of aromatic nitrogens is 2. The molecule has 0 saturated heterocycles. The van der Waals surface area contributed by atoms with Gasteiger partial charge in [-0.2, -0.15) is 0 Å². The third kappa shape index (κ3) is 3.37. The Morgan fingerprint density at radius 2 is 2.11 bits per heavy atom. The van der Waals surface area contributed by atoms with E-state index in [2.05, 4.69) is 20.6 Å². The van der Waals surface area contributed by atoms with Crippen molar-refractivity contribution in [1.29, 1.82) is 0 Å². The van der Waals surface area contributed by atoms with Crippen LogP contribution in [-0.4, -0.2) is 35.5 Å². The average Bonchev–Trinajstić information content (AvgIpc) is 2.71. The first-order valence-corrected chi connectivity index (χ1v) is 8.45. The van der Waals surface area contributed by atoms with E-state index in [4.69, 9.17) is 9.47 Å². The summed E-state index contributed by atoms with van der Waals surface area (Å²) in [6.07, 6.45) is 0. The smallest absolute Gasteiger partial charge is 0.287 e. The van der Waals surface area contributed by atoms with E-state index in [0.29, 0.717) is 28.1 Å². The Labute approximate surface area is 158 Å². The lowest BCUT2D eigenvalue weighted by Gasteiger charge is -2.18. The number of H-pyrrole nitrogens is 1. The highest BCUT2D eigenvalue weighted by molar-refractivity contribution is 5.95. The maximum Gasteiger partial charge on any atom is 0.287 e. The lowest BCUT2D eigenvalue weighted by atomic mass is 10.1. The number of benzene rings is 2. The van der Waals surface area contributed by atoms with Gasteiger partial charge in [-0.1, -0.05) is 6.07 Å². The van der Waals surface area contributed by atoms with Crippen LogP contribution in [0.4, 0.5) is 5.69 Å². The SMILES string of the molecule is COc1ccc2nc(C(=O)NCc3ccc4c(c3)NC(=O)CO4)[nH]c(=O)c2c1. The molecule has 0 radical (unpaired) electrons. The molecule has 1 aliphatic rings. The van der Waals surface area contributed by atoms with E-state index in [0.717, 1.165) is 5.56 Å². The molecule has 0 spiro atoms. The fraction of sp³-hybridized carbons (Fsp3) is 0.158. The Morgan fingerprint density at radius 3 is 2.93 bits per heavy atom. The standard InChI is InChI=1S/C19H16N4O5/c1-27-11-3-4-13-12(7-11)18(25)23-17(22-13)19(26)20-8-10-2-5-15-14(6-10)21-16(24)9-28-15/h2-7H,8-9H2,1H3,(H,20,26)(H,21,24)(H,22,23,25). The van der Waals surface area contributed by atoms with Crippen LogP contribution in [0.3, 0.4) is 0 Å². The molecular formula is C19H16N4O5. The van der Waals surface area contributed by atoms with Gasteiger partial charge in [0.2, 0.25) is 0 Å². The Morgan fingerprint density at radius 1 is 1.25 bits per heavy atom. The summed E-state index contributed by atoms with van der Waals surface area (Å²) in [4.78, 5) is 42.8. The first-order chi connectivity index (χ1) is 13.5. The molecule has 9 nitrogen and oxygen atoms in total. The van der Waals surface area contributed by atoms with E-state index in [1.165, 1.54) is 7.11 Å². The first-order valence-electron chi connectivity index (χ1n) is 8.45. The quantitative estimate of drug-likeness (QED) is 0.625. The van der Waals surface area contributed by atoms with Gasteiger partial charge < -0.3 is 25.1 Å². The van der Waals surface area contributed by atoms with Crippen LogP contribution in [-0.2, 0) is 11.3 Å². The van der Waals surface area contributed by atoms with E-state index >= 15 is 0 Å². The minimum Gasteiger partial charge on any atom is -0.497 e. The zero-order valence-electron chi connectivity index (χ0n) is 14.9. The van der Waals surface area contributed by atoms with E-state index < -0.39 is 11.5 Å². The second-order valence-electron chi connectivity index (χ2n) is 6.15. The number of methoxy groups -OCH3 is 1. The van der Waals surface area contributed by atoms with Gasteiger partial charge in [0.15, 0.2) is 12.4 Å².